The molecule has 0 saturated carbocycles. The molecule has 1 atom stereocenters. The number of ether oxygens (including phenoxy) is 1. The maximum atomic E-state index is 10.9. The summed E-state index contributed by atoms with van der Waals surface area (Å²) < 4.78 is 5.18. The minimum absolute atomic E-state index is 0.558. The van der Waals surface area contributed by atoms with Gasteiger partial charge in [-0.3, -0.25) is 0 Å². The second-order valence-corrected chi connectivity index (χ2v) is 5.14. The highest BCUT2D eigenvalue weighted by Gasteiger charge is 2.29. The van der Waals surface area contributed by atoms with E-state index in [-0.39, 0.29) is 0 Å². The molecule has 0 aliphatic rings. The van der Waals surface area contributed by atoms with E-state index in [9.17, 15) is 5.11 Å². The van der Waals surface area contributed by atoms with Gasteiger partial charge < -0.3 is 9.84 Å². The van der Waals surface area contributed by atoms with Crippen LogP contribution in [0.25, 0.3) is 0 Å². The Morgan fingerprint density at radius 1 is 1.11 bits per heavy atom. The SMILES string of the molecule is COc1ccc(C(C)(O)c2ccccc2Cl)c(C)c1. The number of rotatable bonds is 3. The van der Waals surface area contributed by atoms with Gasteiger partial charge in [-0.1, -0.05) is 35.9 Å². The number of benzene rings is 2. The molecule has 0 aliphatic heterocycles. The lowest BCUT2D eigenvalue weighted by molar-refractivity contribution is 0.102. The van der Waals surface area contributed by atoms with E-state index in [0.29, 0.717) is 10.6 Å². The standard InChI is InChI=1S/C16H17ClO2/c1-11-10-12(19-3)8-9-13(11)16(2,18)14-6-4-5-7-15(14)17/h4-10,18H,1-3H3. The molecule has 0 heterocycles. The van der Waals surface area contributed by atoms with Crippen LogP contribution in [0.3, 0.4) is 0 Å². The summed E-state index contributed by atoms with van der Waals surface area (Å²) in [6, 6.07) is 13.0. The summed E-state index contributed by atoms with van der Waals surface area (Å²) in [6.45, 7) is 3.70. The number of hydrogen-bond acceptors (Lipinski definition) is 2. The molecule has 2 aromatic carbocycles. The molecule has 19 heavy (non-hydrogen) atoms. The minimum atomic E-state index is -1.13. The van der Waals surface area contributed by atoms with Crippen molar-refractivity contribution in [2.45, 2.75) is 19.4 Å². The number of aryl methyl sites for hydroxylation is 1. The fourth-order valence-electron chi connectivity index (χ4n) is 2.31. The van der Waals surface area contributed by atoms with Gasteiger partial charge in [-0.15, -0.1) is 0 Å². The van der Waals surface area contributed by atoms with Gasteiger partial charge in [0.2, 0.25) is 0 Å². The van der Waals surface area contributed by atoms with Crippen LogP contribution in [0, 0.1) is 6.92 Å². The summed E-state index contributed by atoms with van der Waals surface area (Å²) in [6.07, 6.45) is 0. The Bertz CT molecular complexity index is 591. The molecule has 2 aromatic rings. The van der Waals surface area contributed by atoms with Crippen LogP contribution in [0.5, 0.6) is 5.75 Å². The van der Waals surface area contributed by atoms with Gasteiger partial charge in [0.1, 0.15) is 11.4 Å². The molecule has 0 amide bonds. The van der Waals surface area contributed by atoms with Gasteiger partial charge in [0.25, 0.3) is 0 Å². The Hall–Kier alpha value is -1.51. The molecular weight excluding hydrogens is 260 g/mol. The van der Waals surface area contributed by atoms with Crippen LogP contribution in [0.15, 0.2) is 42.5 Å². The summed E-state index contributed by atoms with van der Waals surface area (Å²) >= 11 is 6.18. The van der Waals surface area contributed by atoms with Crippen molar-refractivity contribution in [2.75, 3.05) is 7.11 Å². The summed E-state index contributed by atoms with van der Waals surface area (Å²) in [7, 11) is 1.63. The third kappa shape index (κ3) is 2.60. The zero-order valence-electron chi connectivity index (χ0n) is 11.3. The topological polar surface area (TPSA) is 29.5 Å². The van der Waals surface area contributed by atoms with E-state index in [1.54, 1.807) is 20.1 Å². The highest BCUT2D eigenvalue weighted by Crippen LogP contribution is 2.36. The van der Waals surface area contributed by atoms with Crippen molar-refractivity contribution in [1.82, 2.24) is 0 Å². The zero-order chi connectivity index (χ0) is 14.0. The zero-order valence-corrected chi connectivity index (χ0v) is 12.0. The van der Waals surface area contributed by atoms with Crippen molar-refractivity contribution in [3.05, 3.63) is 64.2 Å². The van der Waals surface area contributed by atoms with Gasteiger partial charge in [-0.05, 0) is 43.2 Å². The molecule has 1 unspecified atom stereocenters. The first-order valence-corrected chi connectivity index (χ1v) is 6.47. The van der Waals surface area contributed by atoms with Crippen LogP contribution < -0.4 is 4.74 Å². The number of halogens is 1. The maximum Gasteiger partial charge on any atom is 0.119 e. The fraction of sp³-hybridized carbons (Fsp3) is 0.250. The third-order valence-corrected chi connectivity index (χ3v) is 3.69. The van der Waals surface area contributed by atoms with Crippen molar-refractivity contribution in [1.29, 1.82) is 0 Å². The second kappa shape index (κ2) is 5.24. The Morgan fingerprint density at radius 3 is 2.37 bits per heavy atom. The summed E-state index contributed by atoms with van der Waals surface area (Å²) in [5.74, 6) is 0.774. The molecule has 0 aromatic heterocycles. The van der Waals surface area contributed by atoms with Crippen molar-refractivity contribution in [3.8, 4) is 5.75 Å². The highest BCUT2D eigenvalue weighted by atomic mass is 35.5. The molecular formula is C16H17ClO2. The predicted octanol–water partition coefficient (Wildman–Crippen LogP) is 3.91. The molecule has 0 radical (unpaired) electrons. The van der Waals surface area contributed by atoms with Gasteiger partial charge in [0.05, 0.1) is 7.11 Å². The minimum Gasteiger partial charge on any atom is -0.497 e. The van der Waals surface area contributed by atoms with Crippen LogP contribution >= 0.6 is 11.6 Å². The van der Waals surface area contributed by atoms with Crippen molar-refractivity contribution < 1.29 is 9.84 Å². The van der Waals surface area contributed by atoms with Crippen molar-refractivity contribution >= 4 is 11.6 Å². The largest absolute Gasteiger partial charge is 0.497 e. The van der Waals surface area contributed by atoms with E-state index in [1.807, 2.05) is 43.3 Å². The van der Waals surface area contributed by atoms with E-state index in [1.165, 1.54) is 0 Å². The molecule has 2 nitrogen and oxygen atoms in total. The molecule has 100 valence electrons. The Morgan fingerprint density at radius 2 is 1.79 bits per heavy atom. The monoisotopic (exact) mass is 276 g/mol. The van der Waals surface area contributed by atoms with Crippen LogP contribution in [0.2, 0.25) is 5.02 Å². The lowest BCUT2D eigenvalue weighted by Gasteiger charge is -2.27. The van der Waals surface area contributed by atoms with Crippen LogP contribution in [0.1, 0.15) is 23.6 Å². The number of hydrogen-bond donors (Lipinski definition) is 1. The molecule has 1 N–H and O–H groups in total. The Labute approximate surface area is 118 Å². The van der Waals surface area contributed by atoms with Gasteiger partial charge in [0, 0.05) is 10.6 Å². The Balaban J connectivity index is 2.53. The summed E-state index contributed by atoms with van der Waals surface area (Å²) in [5, 5.41) is 11.4. The van der Waals surface area contributed by atoms with E-state index in [0.717, 1.165) is 16.9 Å². The van der Waals surface area contributed by atoms with Gasteiger partial charge in [-0.25, -0.2) is 0 Å². The smallest absolute Gasteiger partial charge is 0.119 e. The summed E-state index contributed by atoms with van der Waals surface area (Å²) in [4.78, 5) is 0. The first kappa shape index (κ1) is 13.9. The molecule has 0 aliphatic carbocycles. The predicted molar refractivity (Wildman–Crippen MR) is 77.9 cm³/mol. The second-order valence-electron chi connectivity index (χ2n) is 4.73. The average molecular weight is 277 g/mol. The number of aliphatic hydroxyl groups is 1. The normalized spacial score (nSPS) is 13.9. The third-order valence-electron chi connectivity index (χ3n) is 3.36. The molecule has 0 fully saturated rings. The van der Waals surface area contributed by atoms with Gasteiger partial charge in [-0.2, -0.15) is 0 Å². The molecule has 0 spiro atoms. The fourth-order valence-corrected chi connectivity index (χ4v) is 2.63. The summed E-state index contributed by atoms with van der Waals surface area (Å²) in [5.41, 5.74) is 1.35. The van der Waals surface area contributed by atoms with E-state index in [2.05, 4.69) is 0 Å². The quantitative estimate of drug-likeness (QED) is 0.921. The van der Waals surface area contributed by atoms with Gasteiger partial charge >= 0.3 is 0 Å². The molecule has 0 bridgehead atoms. The van der Waals surface area contributed by atoms with E-state index < -0.39 is 5.60 Å². The first-order valence-electron chi connectivity index (χ1n) is 6.09. The van der Waals surface area contributed by atoms with Crippen molar-refractivity contribution in [2.24, 2.45) is 0 Å². The lowest BCUT2D eigenvalue weighted by atomic mass is 9.85. The highest BCUT2D eigenvalue weighted by molar-refractivity contribution is 6.31. The van der Waals surface area contributed by atoms with E-state index >= 15 is 0 Å². The van der Waals surface area contributed by atoms with Crippen LogP contribution in [-0.4, -0.2) is 12.2 Å². The molecule has 2 rings (SSSR count). The van der Waals surface area contributed by atoms with Gasteiger partial charge in [0.15, 0.2) is 0 Å². The maximum absolute atomic E-state index is 10.9. The van der Waals surface area contributed by atoms with Crippen LogP contribution in [0.4, 0.5) is 0 Å². The van der Waals surface area contributed by atoms with Crippen LogP contribution in [-0.2, 0) is 5.60 Å². The lowest BCUT2D eigenvalue weighted by Crippen LogP contribution is -2.24. The Kier molecular flexibility index (Phi) is 3.83. The first-order chi connectivity index (χ1) is 8.96. The molecule has 3 heteroatoms. The van der Waals surface area contributed by atoms with Crippen molar-refractivity contribution in [3.63, 3.8) is 0 Å². The number of methoxy groups -OCH3 is 1. The average Bonchev–Trinajstić information content (AvgIpc) is 2.38. The van der Waals surface area contributed by atoms with E-state index in [4.69, 9.17) is 16.3 Å². The molecule has 0 saturated heterocycles.